The van der Waals surface area contributed by atoms with Crippen LogP contribution in [0.15, 0.2) is 0 Å². The Morgan fingerprint density at radius 3 is 2.44 bits per heavy atom. The van der Waals surface area contributed by atoms with Crippen molar-refractivity contribution in [3.63, 3.8) is 0 Å². The van der Waals surface area contributed by atoms with Crippen LogP contribution >= 0.6 is 11.8 Å². The van der Waals surface area contributed by atoms with E-state index in [1.165, 1.54) is 0 Å². The largest absolute Gasteiger partial charge is 0.390 e. The molecule has 18 heavy (non-hydrogen) atoms. The molecule has 1 heterocycles. The molecule has 3 N–H and O–H groups in total. The Labute approximate surface area is 111 Å². The van der Waals surface area contributed by atoms with E-state index in [1.807, 2.05) is 6.92 Å². The number of rotatable bonds is 4. The third-order valence-electron chi connectivity index (χ3n) is 3.39. The molecule has 0 aromatic rings. The fourth-order valence-electron chi connectivity index (χ4n) is 2.25. The van der Waals surface area contributed by atoms with Crippen molar-refractivity contribution in [3.05, 3.63) is 0 Å². The van der Waals surface area contributed by atoms with E-state index in [0.717, 1.165) is 11.8 Å². The molecule has 1 fully saturated rings. The molecule has 104 valence electrons. The average Bonchev–Trinajstić information content (AvgIpc) is 2.54. The first-order chi connectivity index (χ1) is 8.28. The summed E-state index contributed by atoms with van der Waals surface area (Å²) in [6.07, 6.45) is -2.30. The Balaban J connectivity index is 3.18. The second kappa shape index (κ2) is 5.59. The fraction of sp³-hybridized carbons (Fsp3) is 0.833. The zero-order chi connectivity index (χ0) is 14.1. The van der Waals surface area contributed by atoms with Crippen LogP contribution < -0.4 is 5.32 Å². The lowest BCUT2D eigenvalue weighted by Crippen LogP contribution is -2.64. The maximum atomic E-state index is 12.2. The van der Waals surface area contributed by atoms with Crippen molar-refractivity contribution in [2.75, 3.05) is 5.75 Å². The second-order valence-electron chi connectivity index (χ2n) is 5.00. The first-order valence-corrected chi connectivity index (χ1v) is 7.12. The average molecular weight is 275 g/mol. The molecular weight excluding hydrogens is 254 g/mol. The summed E-state index contributed by atoms with van der Waals surface area (Å²) in [5, 5.41) is 22.6. The number of aliphatic hydroxyl groups excluding tert-OH is 2. The summed E-state index contributed by atoms with van der Waals surface area (Å²) < 4.78 is 0. The molecule has 0 aromatic heterocycles. The van der Waals surface area contributed by atoms with Gasteiger partial charge in [0.1, 0.15) is 0 Å². The number of nitrogens with one attached hydrogen (secondary N) is 1. The summed E-state index contributed by atoms with van der Waals surface area (Å²) >= 11 is 1.01. The SMILES string of the molecule is CCSC(=O)[C@]1(C(O)C(C)C)NC(=O)[C@H](C)[C@@H]1O. The fourth-order valence-corrected chi connectivity index (χ4v) is 3.04. The summed E-state index contributed by atoms with van der Waals surface area (Å²) in [5.74, 6) is -0.804. The zero-order valence-corrected chi connectivity index (χ0v) is 12.0. The van der Waals surface area contributed by atoms with Crippen LogP contribution in [-0.2, 0) is 9.59 Å². The molecule has 0 bridgehead atoms. The lowest BCUT2D eigenvalue weighted by molar-refractivity contribution is -0.131. The van der Waals surface area contributed by atoms with Crippen LogP contribution in [0.1, 0.15) is 27.7 Å². The first kappa shape index (κ1) is 15.5. The summed E-state index contributed by atoms with van der Waals surface area (Å²) in [4.78, 5) is 23.9. The Kier molecular flexibility index (Phi) is 4.80. The highest BCUT2D eigenvalue weighted by Crippen LogP contribution is 2.35. The van der Waals surface area contributed by atoms with E-state index >= 15 is 0 Å². The van der Waals surface area contributed by atoms with Crippen molar-refractivity contribution in [2.45, 2.75) is 45.4 Å². The molecular formula is C12H21NO4S. The van der Waals surface area contributed by atoms with Crippen molar-refractivity contribution in [3.8, 4) is 0 Å². The van der Waals surface area contributed by atoms with Gasteiger partial charge in [0, 0.05) is 0 Å². The molecule has 0 aromatic carbocycles. The molecule has 0 saturated carbocycles. The lowest BCUT2D eigenvalue weighted by atomic mass is 9.81. The number of hydrogen-bond acceptors (Lipinski definition) is 5. The predicted molar refractivity (Wildman–Crippen MR) is 70.0 cm³/mol. The third kappa shape index (κ3) is 2.29. The molecule has 1 amide bonds. The Bertz CT molecular complexity index is 347. The van der Waals surface area contributed by atoms with Crippen LogP contribution in [-0.4, -0.2) is 44.7 Å². The molecule has 0 spiro atoms. The standard InChI is InChI=1S/C12H21NO4S/c1-5-18-11(17)12(8(14)6(2)3)9(15)7(4)10(16)13-12/h6-9,14-15H,5H2,1-4H3,(H,13,16)/t7-,8?,9+,12-/m1/s1. The van der Waals surface area contributed by atoms with Crippen LogP contribution in [0.2, 0.25) is 0 Å². The normalized spacial score (nSPS) is 33.6. The molecule has 1 unspecified atom stereocenters. The molecule has 6 heteroatoms. The maximum Gasteiger partial charge on any atom is 0.226 e. The van der Waals surface area contributed by atoms with Crippen molar-refractivity contribution in [1.29, 1.82) is 0 Å². The van der Waals surface area contributed by atoms with Gasteiger partial charge in [-0.25, -0.2) is 0 Å². The van der Waals surface area contributed by atoms with Gasteiger partial charge in [-0.05, 0) is 11.7 Å². The van der Waals surface area contributed by atoms with Crippen LogP contribution in [0.4, 0.5) is 0 Å². The van der Waals surface area contributed by atoms with Crippen LogP contribution in [0, 0.1) is 11.8 Å². The van der Waals surface area contributed by atoms with E-state index in [0.29, 0.717) is 5.75 Å². The molecule has 5 nitrogen and oxygen atoms in total. The zero-order valence-electron chi connectivity index (χ0n) is 11.1. The number of aliphatic hydroxyl groups is 2. The van der Waals surface area contributed by atoms with Gasteiger partial charge in [0.2, 0.25) is 11.0 Å². The van der Waals surface area contributed by atoms with Gasteiger partial charge in [0.25, 0.3) is 0 Å². The van der Waals surface area contributed by atoms with Crippen molar-refractivity contribution in [2.24, 2.45) is 11.8 Å². The van der Waals surface area contributed by atoms with E-state index in [9.17, 15) is 19.8 Å². The summed E-state index contributed by atoms with van der Waals surface area (Å²) in [5.41, 5.74) is -1.58. The minimum Gasteiger partial charge on any atom is -0.390 e. The van der Waals surface area contributed by atoms with Crippen molar-refractivity contribution >= 4 is 22.8 Å². The minimum atomic E-state index is -1.58. The summed E-state index contributed by atoms with van der Waals surface area (Å²) in [6, 6.07) is 0. The molecule has 1 saturated heterocycles. The smallest absolute Gasteiger partial charge is 0.226 e. The van der Waals surface area contributed by atoms with Gasteiger partial charge < -0.3 is 15.5 Å². The molecule has 1 aliphatic rings. The van der Waals surface area contributed by atoms with Gasteiger partial charge in [-0.3, -0.25) is 9.59 Å². The number of carbonyl (C=O) groups excluding carboxylic acids is 2. The summed E-state index contributed by atoms with van der Waals surface area (Å²) in [7, 11) is 0. The molecule has 4 atom stereocenters. The second-order valence-corrected chi connectivity index (χ2v) is 6.24. The van der Waals surface area contributed by atoms with Gasteiger partial charge in [-0.2, -0.15) is 0 Å². The van der Waals surface area contributed by atoms with Gasteiger partial charge in [-0.1, -0.05) is 39.5 Å². The van der Waals surface area contributed by atoms with E-state index < -0.39 is 29.6 Å². The van der Waals surface area contributed by atoms with Crippen molar-refractivity contribution < 1.29 is 19.8 Å². The highest BCUT2D eigenvalue weighted by atomic mass is 32.2. The number of carbonyl (C=O) groups is 2. The predicted octanol–water partition coefficient (Wildman–Crippen LogP) is 0.149. The van der Waals surface area contributed by atoms with Gasteiger partial charge in [-0.15, -0.1) is 0 Å². The number of thioether (sulfide) groups is 1. The first-order valence-electron chi connectivity index (χ1n) is 6.14. The highest BCUT2D eigenvalue weighted by molar-refractivity contribution is 8.13. The van der Waals surface area contributed by atoms with E-state index in [4.69, 9.17) is 0 Å². The number of amides is 1. The Morgan fingerprint density at radius 1 is 1.56 bits per heavy atom. The quantitative estimate of drug-likeness (QED) is 0.680. The Hall–Kier alpha value is -0.590. The maximum absolute atomic E-state index is 12.2. The molecule has 0 radical (unpaired) electrons. The lowest BCUT2D eigenvalue weighted by Gasteiger charge is -2.37. The van der Waals surface area contributed by atoms with Crippen LogP contribution in [0.25, 0.3) is 0 Å². The van der Waals surface area contributed by atoms with E-state index in [-0.39, 0.29) is 11.0 Å². The Morgan fingerprint density at radius 2 is 2.11 bits per heavy atom. The van der Waals surface area contributed by atoms with Crippen LogP contribution in [0.3, 0.4) is 0 Å². The van der Waals surface area contributed by atoms with Gasteiger partial charge in [0.15, 0.2) is 5.54 Å². The molecule has 0 aliphatic carbocycles. The van der Waals surface area contributed by atoms with E-state index in [2.05, 4.69) is 5.32 Å². The van der Waals surface area contributed by atoms with Gasteiger partial charge in [0.05, 0.1) is 18.1 Å². The topological polar surface area (TPSA) is 86.6 Å². The highest BCUT2D eigenvalue weighted by Gasteiger charge is 2.60. The summed E-state index contributed by atoms with van der Waals surface area (Å²) in [6.45, 7) is 6.86. The molecule has 1 aliphatic heterocycles. The monoisotopic (exact) mass is 275 g/mol. The number of hydrogen-bond donors (Lipinski definition) is 3. The van der Waals surface area contributed by atoms with Crippen molar-refractivity contribution in [1.82, 2.24) is 5.32 Å². The van der Waals surface area contributed by atoms with Crippen LogP contribution in [0.5, 0.6) is 0 Å². The minimum absolute atomic E-state index is 0.244. The van der Waals surface area contributed by atoms with E-state index in [1.54, 1.807) is 20.8 Å². The van der Waals surface area contributed by atoms with Gasteiger partial charge >= 0.3 is 0 Å². The third-order valence-corrected chi connectivity index (χ3v) is 4.28. The molecule has 1 rings (SSSR count).